The van der Waals surface area contributed by atoms with Gasteiger partial charge in [0.05, 0.1) is 10.6 Å². The lowest BCUT2D eigenvalue weighted by molar-refractivity contribution is 0.866. The Morgan fingerprint density at radius 1 is 1.26 bits per heavy atom. The van der Waals surface area contributed by atoms with Crippen molar-refractivity contribution < 1.29 is 0 Å². The number of aromatic nitrogens is 6. The van der Waals surface area contributed by atoms with Crippen LogP contribution in [0.3, 0.4) is 0 Å². The van der Waals surface area contributed by atoms with Gasteiger partial charge in [0.25, 0.3) is 11.3 Å². The number of hydrogen-bond acceptors (Lipinski definition) is 8. The highest BCUT2D eigenvalue weighted by molar-refractivity contribution is 7.99. The van der Waals surface area contributed by atoms with Crippen LogP contribution in [0.4, 0.5) is 0 Å². The summed E-state index contributed by atoms with van der Waals surface area (Å²) in [5, 5.41) is 9.53. The fourth-order valence-corrected chi connectivity index (χ4v) is 5.33. The minimum absolute atomic E-state index is 0.105. The van der Waals surface area contributed by atoms with Gasteiger partial charge in [0, 0.05) is 28.2 Å². The standard InChI is InChI=1S/C17H12N6OS3/c1-9(27-17-21-16-18-5-3-6-23(16)22-17)13-19-14(24)12-10(8-26-15(12)20-13)11-4-2-7-25-11/h2-9H,1H3,(H,19,20,24). The summed E-state index contributed by atoms with van der Waals surface area (Å²) in [6.45, 7) is 1.97. The highest BCUT2D eigenvalue weighted by atomic mass is 32.2. The van der Waals surface area contributed by atoms with E-state index in [9.17, 15) is 4.79 Å². The lowest BCUT2D eigenvalue weighted by atomic mass is 10.2. The van der Waals surface area contributed by atoms with Gasteiger partial charge < -0.3 is 4.98 Å². The van der Waals surface area contributed by atoms with Crippen LogP contribution >= 0.6 is 34.4 Å². The Kier molecular flexibility index (Phi) is 4.03. The second kappa shape index (κ2) is 6.55. The van der Waals surface area contributed by atoms with Crippen molar-refractivity contribution in [1.82, 2.24) is 29.5 Å². The Hall–Kier alpha value is -2.56. The average Bonchev–Trinajstić information content (AvgIpc) is 3.39. The highest BCUT2D eigenvalue weighted by Gasteiger charge is 2.18. The third-order valence-electron chi connectivity index (χ3n) is 4.01. The lowest BCUT2D eigenvalue weighted by Crippen LogP contribution is -2.12. The largest absolute Gasteiger partial charge is 0.309 e. The zero-order valence-corrected chi connectivity index (χ0v) is 16.4. The van der Waals surface area contributed by atoms with Gasteiger partial charge in [0.1, 0.15) is 10.7 Å². The van der Waals surface area contributed by atoms with E-state index in [4.69, 9.17) is 0 Å². The monoisotopic (exact) mass is 412 g/mol. The van der Waals surface area contributed by atoms with E-state index < -0.39 is 0 Å². The molecule has 5 aromatic rings. The maximum atomic E-state index is 12.7. The number of thioether (sulfide) groups is 1. The first-order chi connectivity index (χ1) is 13.2. The van der Waals surface area contributed by atoms with E-state index in [-0.39, 0.29) is 10.8 Å². The average molecular weight is 413 g/mol. The van der Waals surface area contributed by atoms with Crippen LogP contribution in [0.5, 0.6) is 0 Å². The van der Waals surface area contributed by atoms with Crippen molar-refractivity contribution in [2.45, 2.75) is 17.3 Å². The number of H-pyrrole nitrogens is 1. The molecule has 0 radical (unpaired) electrons. The predicted octanol–water partition coefficient (Wildman–Crippen LogP) is 4.00. The second-order valence-corrected chi connectivity index (χ2v) is 8.89. The molecule has 0 aliphatic rings. The van der Waals surface area contributed by atoms with Gasteiger partial charge in [0.15, 0.2) is 0 Å². The zero-order valence-electron chi connectivity index (χ0n) is 14.0. The predicted molar refractivity (Wildman–Crippen MR) is 109 cm³/mol. The van der Waals surface area contributed by atoms with Gasteiger partial charge >= 0.3 is 0 Å². The quantitative estimate of drug-likeness (QED) is 0.449. The molecule has 1 N–H and O–H groups in total. The van der Waals surface area contributed by atoms with Crippen molar-refractivity contribution in [3.05, 3.63) is 57.5 Å². The Morgan fingerprint density at radius 2 is 2.19 bits per heavy atom. The molecule has 5 rings (SSSR count). The lowest BCUT2D eigenvalue weighted by Gasteiger charge is -2.07. The van der Waals surface area contributed by atoms with Crippen LogP contribution in [0.2, 0.25) is 0 Å². The summed E-state index contributed by atoms with van der Waals surface area (Å²) in [5.41, 5.74) is 0.829. The molecule has 5 heterocycles. The number of rotatable bonds is 4. The molecule has 0 spiro atoms. The van der Waals surface area contributed by atoms with Crippen LogP contribution in [-0.2, 0) is 0 Å². The van der Waals surface area contributed by atoms with Gasteiger partial charge in [-0.1, -0.05) is 17.8 Å². The molecular weight excluding hydrogens is 400 g/mol. The first-order valence-electron chi connectivity index (χ1n) is 8.08. The van der Waals surface area contributed by atoms with E-state index in [0.29, 0.717) is 22.1 Å². The van der Waals surface area contributed by atoms with Crippen molar-refractivity contribution >= 4 is 50.4 Å². The third kappa shape index (κ3) is 2.95. The fraction of sp³-hybridized carbons (Fsp3) is 0.118. The highest BCUT2D eigenvalue weighted by Crippen LogP contribution is 2.35. The van der Waals surface area contributed by atoms with Gasteiger partial charge in [0.2, 0.25) is 5.16 Å². The first-order valence-corrected chi connectivity index (χ1v) is 10.7. The summed E-state index contributed by atoms with van der Waals surface area (Å²) >= 11 is 4.54. The van der Waals surface area contributed by atoms with Crippen molar-refractivity contribution in [2.24, 2.45) is 0 Å². The topological polar surface area (TPSA) is 88.8 Å². The van der Waals surface area contributed by atoms with Crippen molar-refractivity contribution in [3.63, 3.8) is 0 Å². The summed E-state index contributed by atoms with van der Waals surface area (Å²) in [5.74, 6) is 1.16. The molecule has 134 valence electrons. The van der Waals surface area contributed by atoms with E-state index in [2.05, 4.69) is 25.0 Å². The van der Waals surface area contributed by atoms with E-state index in [0.717, 1.165) is 15.3 Å². The molecule has 10 heteroatoms. The molecule has 0 aromatic carbocycles. The van der Waals surface area contributed by atoms with E-state index >= 15 is 0 Å². The van der Waals surface area contributed by atoms with E-state index in [1.165, 1.54) is 23.1 Å². The second-order valence-electron chi connectivity index (χ2n) is 5.78. The molecule has 0 bridgehead atoms. The van der Waals surface area contributed by atoms with Crippen LogP contribution in [0.25, 0.3) is 26.4 Å². The smallest absolute Gasteiger partial charge is 0.260 e. The summed E-state index contributed by atoms with van der Waals surface area (Å²) in [4.78, 5) is 30.7. The van der Waals surface area contributed by atoms with Crippen LogP contribution in [0, 0.1) is 0 Å². The van der Waals surface area contributed by atoms with Gasteiger partial charge in [-0.15, -0.1) is 27.8 Å². The van der Waals surface area contributed by atoms with Crippen LogP contribution in [-0.4, -0.2) is 29.5 Å². The molecule has 1 unspecified atom stereocenters. The third-order valence-corrected chi connectivity index (χ3v) is 6.75. The molecule has 5 aromatic heterocycles. The molecular formula is C17H12N6OS3. The Bertz CT molecular complexity index is 1270. The molecule has 0 saturated heterocycles. The fourth-order valence-electron chi connectivity index (χ4n) is 2.75. The zero-order chi connectivity index (χ0) is 18.4. The number of nitrogens with zero attached hydrogens (tertiary/aromatic N) is 5. The summed E-state index contributed by atoms with van der Waals surface area (Å²) in [7, 11) is 0. The molecule has 7 nitrogen and oxygen atoms in total. The minimum atomic E-state index is -0.114. The van der Waals surface area contributed by atoms with Crippen molar-refractivity contribution in [3.8, 4) is 10.4 Å². The Labute approximate surface area is 165 Å². The van der Waals surface area contributed by atoms with Crippen molar-refractivity contribution in [1.29, 1.82) is 0 Å². The minimum Gasteiger partial charge on any atom is -0.309 e. The van der Waals surface area contributed by atoms with Crippen LogP contribution in [0.15, 0.2) is 51.3 Å². The summed E-state index contributed by atoms with van der Waals surface area (Å²) < 4.78 is 1.63. The molecule has 1 atom stereocenters. The molecule has 0 aliphatic heterocycles. The van der Waals surface area contributed by atoms with Crippen molar-refractivity contribution in [2.75, 3.05) is 0 Å². The summed E-state index contributed by atoms with van der Waals surface area (Å²) in [6.07, 6.45) is 3.48. The number of aromatic amines is 1. The van der Waals surface area contributed by atoms with E-state index in [1.807, 2.05) is 29.8 Å². The van der Waals surface area contributed by atoms with Crippen LogP contribution in [0.1, 0.15) is 18.0 Å². The molecule has 0 amide bonds. The first kappa shape index (κ1) is 16.6. The van der Waals surface area contributed by atoms with Gasteiger partial charge in [-0.25, -0.2) is 14.5 Å². The van der Waals surface area contributed by atoms with Gasteiger partial charge in [-0.3, -0.25) is 4.79 Å². The van der Waals surface area contributed by atoms with E-state index in [1.54, 1.807) is 34.3 Å². The van der Waals surface area contributed by atoms with Gasteiger partial charge in [-0.05, 0) is 24.4 Å². The number of thiophene rings is 2. The Morgan fingerprint density at radius 3 is 3.00 bits per heavy atom. The summed E-state index contributed by atoms with van der Waals surface area (Å²) in [6, 6.07) is 5.80. The molecule has 27 heavy (non-hydrogen) atoms. The Balaban J connectivity index is 1.50. The molecule has 0 fully saturated rings. The number of fused-ring (bicyclic) bond motifs is 2. The SMILES string of the molecule is CC(Sc1nc2ncccn2n1)c1nc2scc(-c3cccs3)c2c(=O)[nH]1. The van der Waals surface area contributed by atoms with Crippen LogP contribution < -0.4 is 5.56 Å². The number of hydrogen-bond donors (Lipinski definition) is 1. The maximum Gasteiger partial charge on any atom is 0.260 e. The van der Waals surface area contributed by atoms with Gasteiger partial charge in [-0.2, -0.15) is 4.98 Å². The maximum absolute atomic E-state index is 12.7. The molecule has 0 saturated carbocycles. The number of nitrogens with one attached hydrogen (secondary N) is 1. The normalized spacial score (nSPS) is 12.8. The molecule has 0 aliphatic carbocycles.